The minimum Gasteiger partial charge on any atom is -0.0622 e. The molecule has 0 radical (unpaired) electrons. The van der Waals surface area contributed by atoms with Crippen molar-refractivity contribution in [2.24, 2.45) is 0 Å². The summed E-state index contributed by atoms with van der Waals surface area (Å²) in [6.07, 6.45) is 0. The lowest BCUT2D eigenvalue weighted by Crippen LogP contribution is -2.22. The van der Waals surface area contributed by atoms with Gasteiger partial charge >= 0.3 is 0 Å². The van der Waals surface area contributed by atoms with E-state index in [1.807, 2.05) is 0 Å². The van der Waals surface area contributed by atoms with Crippen molar-refractivity contribution < 1.29 is 0 Å². The average Bonchev–Trinajstić information content (AvgIpc) is 2.70. The molecule has 0 nitrogen and oxygen atoms in total. The summed E-state index contributed by atoms with van der Waals surface area (Å²) in [4.78, 5) is 0. The van der Waals surface area contributed by atoms with Crippen molar-refractivity contribution in [3.63, 3.8) is 0 Å². The number of benzene rings is 5. The molecule has 0 bridgehead atoms. The first-order valence-corrected chi connectivity index (χ1v) is 11.0. The van der Waals surface area contributed by atoms with Crippen molar-refractivity contribution in [1.82, 2.24) is 0 Å². The van der Waals surface area contributed by atoms with Gasteiger partial charge in [-0.15, -0.1) is 0 Å². The van der Waals surface area contributed by atoms with Crippen LogP contribution < -0.4 is 0 Å². The SMILES string of the molecule is CC(C)(C)c1cc2ccc3c(-c4ccccc4)ccc4ccc(c1C(C)(C)C)c2c43. The summed E-state index contributed by atoms with van der Waals surface area (Å²) in [5.74, 6) is 0. The Hall–Kier alpha value is -2.86. The van der Waals surface area contributed by atoms with Gasteiger partial charge in [0, 0.05) is 0 Å². The lowest BCUT2D eigenvalue weighted by atomic mass is 9.72. The molecule has 0 saturated carbocycles. The highest BCUT2D eigenvalue weighted by molar-refractivity contribution is 6.26. The molecule has 0 spiro atoms. The topological polar surface area (TPSA) is 0 Å². The van der Waals surface area contributed by atoms with Crippen molar-refractivity contribution in [3.8, 4) is 11.1 Å². The van der Waals surface area contributed by atoms with Crippen LogP contribution in [-0.4, -0.2) is 0 Å². The van der Waals surface area contributed by atoms with E-state index in [1.165, 1.54) is 54.6 Å². The predicted octanol–water partition coefficient (Wildman–Crippen LogP) is 8.85. The fourth-order valence-corrected chi connectivity index (χ4v) is 5.15. The Bertz CT molecular complexity index is 1370. The van der Waals surface area contributed by atoms with E-state index in [1.54, 1.807) is 0 Å². The fourth-order valence-electron chi connectivity index (χ4n) is 5.15. The molecule has 5 rings (SSSR count). The Labute approximate surface area is 179 Å². The van der Waals surface area contributed by atoms with Crippen LogP contribution in [0.1, 0.15) is 52.7 Å². The lowest BCUT2D eigenvalue weighted by molar-refractivity contribution is 0.535. The third-order valence-electron chi connectivity index (χ3n) is 6.43. The number of hydrogen-bond acceptors (Lipinski definition) is 0. The monoisotopic (exact) mass is 390 g/mol. The van der Waals surface area contributed by atoms with Crippen LogP contribution in [0.3, 0.4) is 0 Å². The van der Waals surface area contributed by atoms with Gasteiger partial charge in [-0.3, -0.25) is 0 Å². The molecule has 0 aromatic heterocycles. The maximum atomic E-state index is 2.46. The highest BCUT2D eigenvalue weighted by atomic mass is 14.3. The summed E-state index contributed by atoms with van der Waals surface area (Å²) >= 11 is 0. The van der Waals surface area contributed by atoms with Crippen LogP contribution in [-0.2, 0) is 10.8 Å². The van der Waals surface area contributed by atoms with E-state index in [0.29, 0.717) is 0 Å². The van der Waals surface area contributed by atoms with E-state index in [2.05, 4.69) is 114 Å². The molecule has 0 aliphatic heterocycles. The van der Waals surface area contributed by atoms with Gasteiger partial charge in [-0.05, 0) is 65.4 Å². The van der Waals surface area contributed by atoms with E-state index in [-0.39, 0.29) is 10.8 Å². The second-order valence-electron chi connectivity index (χ2n) is 10.7. The first-order chi connectivity index (χ1) is 14.2. The Morgan fingerprint density at radius 2 is 1.13 bits per heavy atom. The van der Waals surface area contributed by atoms with Crippen LogP contribution in [0.25, 0.3) is 43.4 Å². The van der Waals surface area contributed by atoms with Crippen LogP contribution in [0, 0.1) is 0 Å². The Morgan fingerprint density at radius 1 is 0.533 bits per heavy atom. The largest absolute Gasteiger partial charge is 0.0622 e. The highest BCUT2D eigenvalue weighted by Gasteiger charge is 2.28. The summed E-state index contributed by atoms with van der Waals surface area (Å²) in [5.41, 5.74) is 5.72. The molecule has 0 heterocycles. The predicted molar refractivity (Wildman–Crippen MR) is 133 cm³/mol. The molecule has 0 aliphatic rings. The van der Waals surface area contributed by atoms with Crippen LogP contribution in [0.2, 0.25) is 0 Å². The van der Waals surface area contributed by atoms with Crippen LogP contribution in [0.5, 0.6) is 0 Å². The maximum absolute atomic E-state index is 2.46. The summed E-state index contributed by atoms with van der Waals surface area (Å²) < 4.78 is 0. The zero-order valence-corrected chi connectivity index (χ0v) is 18.9. The molecule has 0 saturated heterocycles. The third-order valence-corrected chi connectivity index (χ3v) is 6.43. The van der Waals surface area contributed by atoms with Gasteiger partial charge in [-0.25, -0.2) is 0 Å². The molecule has 5 aromatic carbocycles. The molecule has 150 valence electrons. The van der Waals surface area contributed by atoms with Gasteiger partial charge in [-0.2, -0.15) is 0 Å². The molecule has 5 aromatic rings. The zero-order valence-electron chi connectivity index (χ0n) is 18.9. The molecule has 0 unspecified atom stereocenters. The van der Waals surface area contributed by atoms with Gasteiger partial charge in [0.05, 0.1) is 0 Å². The molecule has 0 amide bonds. The molecular formula is C30H30. The van der Waals surface area contributed by atoms with Gasteiger partial charge < -0.3 is 0 Å². The van der Waals surface area contributed by atoms with E-state index < -0.39 is 0 Å². The normalized spacial score (nSPS) is 13.0. The molecule has 0 N–H and O–H groups in total. The first kappa shape index (κ1) is 19.1. The minimum atomic E-state index is 0.0766. The van der Waals surface area contributed by atoms with Crippen molar-refractivity contribution in [1.29, 1.82) is 0 Å². The quantitative estimate of drug-likeness (QED) is 0.251. The Balaban J connectivity index is 1.99. The molecule has 0 fully saturated rings. The average molecular weight is 391 g/mol. The first-order valence-electron chi connectivity index (χ1n) is 11.0. The van der Waals surface area contributed by atoms with Crippen molar-refractivity contribution in [3.05, 3.63) is 83.9 Å². The second kappa shape index (κ2) is 6.32. The Kier molecular flexibility index (Phi) is 4.03. The van der Waals surface area contributed by atoms with Crippen LogP contribution >= 0.6 is 0 Å². The van der Waals surface area contributed by atoms with Gasteiger partial charge in [0.2, 0.25) is 0 Å². The van der Waals surface area contributed by atoms with Gasteiger partial charge in [0.1, 0.15) is 0 Å². The summed E-state index contributed by atoms with van der Waals surface area (Å²) in [6.45, 7) is 14.1. The molecule has 0 heteroatoms. The Morgan fingerprint density at radius 3 is 1.80 bits per heavy atom. The van der Waals surface area contributed by atoms with Crippen molar-refractivity contribution in [2.75, 3.05) is 0 Å². The van der Waals surface area contributed by atoms with E-state index in [0.717, 1.165) is 0 Å². The van der Waals surface area contributed by atoms with E-state index in [4.69, 9.17) is 0 Å². The smallest absolute Gasteiger partial charge is 0.00205 e. The number of hydrogen-bond donors (Lipinski definition) is 0. The molecule has 0 atom stereocenters. The summed E-state index contributed by atoms with van der Waals surface area (Å²) in [5, 5.41) is 8.25. The summed E-state index contributed by atoms with van der Waals surface area (Å²) in [7, 11) is 0. The van der Waals surface area contributed by atoms with Gasteiger partial charge in [0.15, 0.2) is 0 Å². The summed E-state index contributed by atoms with van der Waals surface area (Å²) in [6, 6.07) is 27.1. The highest BCUT2D eigenvalue weighted by Crippen LogP contribution is 2.45. The standard InChI is InChI=1S/C30H30/c1-29(2,3)25-18-21-14-16-23-22(19-10-8-7-9-11-19)15-12-20-13-17-24(27(21)26(20)23)28(25)30(4,5)6/h7-18H,1-6H3. The maximum Gasteiger partial charge on any atom is -0.00205 e. The van der Waals surface area contributed by atoms with Crippen LogP contribution in [0.15, 0.2) is 72.8 Å². The van der Waals surface area contributed by atoms with Gasteiger partial charge in [0.25, 0.3) is 0 Å². The van der Waals surface area contributed by atoms with Crippen molar-refractivity contribution >= 4 is 32.3 Å². The molecule has 0 aliphatic carbocycles. The number of rotatable bonds is 1. The zero-order chi connectivity index (χ0) is 21.3. The van der Waals surface area contributed by atoms with Crippen LogP contribution in [0.4, 0.5) is 0 Å². The third kappa shape index (κ3) is 2.82. The lowest BCUT2D eigenvalue weighted by Gasteiger charge is -2.32. The van der Waals surface area contributed by atoms with E-state index in [9.17, 15) is 0 Å². The van der Waals surface area contributed by atoms with Gasteiger partial charge in [-0.1, -0.05) is 114 Å². The van der Waals surface area contributed by atoms with Crippen molar-refractivity contribution in [2.45, 2.75) is 52.4 Å². The fraction of sp³-hybridized carbons (Fsp3) is 0.267. The second-order valence-corrected chi connectivity index (χ2v) is 10.7. The van der Waals surface area contributed by atoms with E-state index >= 15 is 0 Å². The minimum absolute atomic E-state index is 0.0766. The molecule has 30 heavy (non-hydrogen) atoms. The molecular weight excluding hydrogens is 360 g/mol.